The summed E-state index contributed by atoms with van der Waals surface area (Å²) in [4.78, 5) is 0.870. The van der Waals surface area contributed by atoms with E-state index in [4.69, 9.17) is 11.6 Å². The molecule has 0 saturated heterocycles. The topological polar surface area (TPSA) is 37.4 Å². The molecule has 0 bridgehead atoms. The zero-order valence-corrected chi connectivity index (χ0v) is 10.4. The number of hydrogen-bond acceptors (Lipinski definition) is 3. The minimum atomic E-state index is -3.29. The lowest BCUT2D eigenvalue weighted by molar-refractivity contribution is 0.488. The van der Waals surface area contributed by atoms with Crippen LogP contribution in [0.4, 0.5) is 0 Å². The maximum Gasteiger partial charge on any atom is 0.252 e. The van der Waals surface area contributed by atoms with E-state index in [2.05, 4.69) is 0 Å². The molecule has 0 aliphatic carbocycles. The molecule has 14 heavy (non-hydrogen) atoms. The van der Waals surface area contributed by atoms with Gasteiger partial charge in [-0.05, 0) is 12.1 Å². The number of sulfonamides is 1. The van der Waals surface area contributed by atoms with Crippen LogP contribution in [0.15, 0.2) is 16.3 Å². The van der Waals surface area contributed by atoms with E-state index in [9.17, 15) is 8.42 Å². The van der Waals surface area contributed by atoms with Gasteiger partial charge in [0, 0.05) is 18.5 Å². The smallest absolute Gasteiger partial charge is 0.206 e. The molecule has 80 valence electrons. The lowest BCUT2D eigenvalue weighted by atomic mass is 10.5. The Morgan fingerprint density at radius 2 is 2.14 bits per heavy atom. The average molecular weight is 254 g/mol. The molecule has 1 aromatic rings. The van der Waals surface area contributed by atoms with Crippen molar-refractivity contribution >= 4 is 33.0 Å². The molecule has 0 aliphatic heterocycles. The highest BCUT2D eigenvalue weighted by molar-refractivity contribution is 7.91. The molecule has 0 saturated carbocycles. The summed E-state index contributed by atoms with van der Waals surface area (Å²) in [7, 11) is -1.72. The second-order valence-electron chi connectivity index (χ2n) is 2.77. The van der Waals surface area contributed by atoms with Gasteiger partial charge >= 0.3 is 0 Å². The first kappa shape index (κ1) is 12.0. The molecule has 0 amide bonds. The van der Waals surface area contributed by atoms with Crippen molar-refractivity contribution in [3.63, 3.8) is 0 Å². The molecular formula is C8H12ClNO2S2. The molecule has 0 aliphatic rings. The standard InChI is InChI=1S/C8H12ClNO2S2/c1-3-10(2)14(11,12)8-5-4-7(6-9)13-8/h4-5H,3,6H2,1-2H3. The normalized spacial score (nSPS) is 12.3. The van der Waals surface area contributed by atoms with Gasteiger partial charge in [0.2, 0.25) is 0 Å². The van der Waals surface area contributed by atoms with E-state index < -0.39 is 10.0 Å². The van der Waals surface area contributed by atoms with Crippen molar-refractivity contribution in [3.05, 3.63) is 17.0 Å². The number of hydrogen-bond donors (Lipinski definition) is 0. The molecule has 0 atom stereocenters. The van der Waals surface area contributed by atoms with Gasteiger partial charge in [0.15, 0.2) is 0 Å². The summed E-state index contributed by atoms with van der Waals surface area (Å²) < 4.78 is 25.2. The van der Waals surface area contributed by atoms with Crippen LogP contribution in [0.1, 0.15) is 11.8 Å². The molecule has 1 aromatic heterocycles. The Balaban J connectivity index is 3.04. The Labute approximate surface area is 93.4 Å². The SMILES string of the molecule is CCN(C)S(=O)(=O)c1ccc(CCl)s1. The van der Waals surface area contributed by atoms with Crippen LogP contribution in [0.3, 0.4) is 0 Å². The summed E-state index contributed by atoms with van der Waals surface area (Å²) >= 11 is 6.83. The van der Waals surface area contributed by atoms with Gasteiger partial charge in [0.1, 0.15) is 4.21 Å². The van der Waals surface area contributed by atoms with Gasteiger partial charge in [0.05, 0.1) is 5.88 Å². The van der Waals surface area contributed by atoms with Crippen LogP contribution in [0.2, 0.25) is 0 Å². The molecule has 1 rings (SSSR count). The molecule has 6 heteroatoms. The Morgan fingerprint density at radius 1 is 1.50 bits per heavy atom. The van der Waals surface area contributed by atoms with Crippen molar-refractivity contribution in [2.75, 3.05) is 13.6 Å². The van der Waals surface area contributed by atoms with E-state index in [1.165, 1.54) is 15.6 Å². The predicted molar refractivity (Wildman–Crippen MR) is 59.4 cm³/mol. The van der Waals surface area contributed by atoms with Gasteiger partial charge in [0.25, 0.3) is 10.0 Å². The summed E-state index contributed by atoms with van der Waals surface area (Å²) in [5.41, 5.74) is 0. The van der Waals surface area contributed by atoms with Crippen LogP contribution >= 0.6 is 22.9 Å². The van der Waals surface area contributed by atoms with Crippen LogP contribution in [-0.2, 0) is 15.9 Å². The highest BCUT2D eigenvalue weighted by atomic mass is 35.5. The summed E-state index contributed by atoms with van der Waals surface area (Å²) in [5, 5.41) is 0. The molecular weight excluding hydrogens is 242 g/mol. The minimum Gasteiger partial charge on any atom is -0.206 e. The highest BCUT2D eigenvalue weighted by Gasteiger charge is 2.20. The first-order valence-corrected chi connectivity index (χ1v) is 6.92. The van der Waals surface area contributed by atoms with E-state index in [-0.39, 0.29) is 0 Å². The van der Waals surface area contributed by atoms with Crippen LogP contribution in [0, 0.1) is 0 Å². The van der Waals surface area contributed by atoms with E-state index in [1.807, 2.05) is 0 Å². The van der Waals surface area contributed by atoms with E-state index >= 15 is 0 Å². The maximum atomic E-state index is 11.8. The molecule has 0 N–H and O–H groups in total. The first-order valence-electron chi connectivity index (χ1n) is 4.13. The second kappa shape index (κ2) is 4.61. The number of halogens is 1. The zero-order chi connectivity index (χ0) is 10.8. The second-order valence-corrected chi connectivity index (χ2v) is 6.48. The fourth-order valence-corrected chi connectivity index (χ4v) is 3.74. The number of thiophene rings is 1. The van der Waals surface area contributed by atoms with Crippen molar-refractivity contribution in [2.45, 2.75) is 17.0 Å². The van der Waals surface area contributed by atoms with Gasteiger partial charge < -0.3 is 0 Å². The number of alkyl halides is 1. The molecule has 0 unspecified atom stereocenters. The van der Waals surface area contributed by atoms with Crippen molar-refractivity contribution in [2.24, 2.45) is 0 Å². The van der Waals surface area contributed by atoms with Gasteiger partial charge in [-0.15, -0.1) is 22.9 Å². The Bertz CT molecular complexity index is 399. The Hall–Kier alpha value is -0.100. The molecule has 0 aromatic carbocycles. The van der Waals surface area contributed by atoms with E-state index in [0.717, 1.165) is 4.88 Å². The van der Waals surface area contributed by atoms with Crippen molar-refractivity contribution < 1.29 is 8.42 Å². The third kappa shape index (κ3) is 2.28. The summed E-state index contributed by atoms with van der Waals surface area (Å²) in [6, 6.07) is 3.35. The minimum absolute atomic E-state index is 0.357. The lowest BCUT2D eigenvalue weighted by Gasteiger charge is -2.12. The molecule has 1 heterocycles. The quantitative estimate of drug-likeness (QED) is 0.771. The van der Waals surface area contributed by atoms with Crippen molar-refractivity contribution in [3.8, 4) is 0 Å². The Morgan fingerprint density at radius 3 is 2.57 bits per heavy atom. The van der Waals surface area contributed by atoms with E-state index in [0.29, 0.717) is 16.6 Å². The summed E-state index contributed by atoms with van der Waals surface area (Å²) in [6.07, 6.45) is 0. The average Bonchev–Trinajstić information content (AvgIpc) is 2.65. The van der Waals surface area contributed by atoms with Crippen molar-refractivity contribution in [1.82, 2.24) is 4.31 Å². The molecule has 0 fully saturated rings. The zero-order valence-electron chi connectivity index (χ0n) is 8.03. The molecule has 0 radical (unpaired) electrons. The van der Waals surface area contributed by atoms with Gasteiger partial charge in [-0.1, -0.05) is 6.92 Å². The third-order valence-corrected chi connectivity index (χ3v) is 5.81. The maximum absolute atomic E-state index is 11.8. The predicted octanol–water partition coefficient (Wildman–Crippen LogP) is 2.13. The van der Waals surface area contributed by atoms with Gasteiger partial charge in [-0.3, -0.25) is 0 Å². The van der Waals surface area contributed by atoms with Crippen molar-refractivity contribution in [1.29, 1.82) is 0 Å². The lowest BCUT2D eigenvalue weighted by Crippen LogP contribution is -2.25. The number of rotatable bonds is 4. The largest absolute Gasteiger partial charge is 0.252 e. The fourth-order valence-electron chi connectivity index (χ4n) is 0.892. The molecule has 0 spiro atoms. The van der Waals surface area contributed by atoms with Gasteiger partial charge in [-0.25, -0.2) is 12.7 Å². The van der Waals surface area contributed by atoms with Crippen LogP contribution in [-0.4, -0.2) is 26.3 Å². The van der Waals surface area contributed by atoms with Crippen LogP contribution < -0.4 is 0 Å². The monoisotopic (exact) mass is 253 g/mol. The first-order chi connectivity index (χ1) is 6.52. The highest BCUT2D eigenvalue weighted by Crippen LogP contribution is 2.25. The fraction of sp³-hybridized carbons (Fsp3) is 0.500. The summed E-state index contributed by atoms with van der Waals surface area (Å²) in [6.45, 7) is 2.27. The van der Waals surface area contributed by atoms with Crippen LogP contribution in [0.5, 0.6) is 0 Å². The number of nitrogens with zero attached hydrogens (tertiary/aromatic N) is 1. The molecule has 3 nitrogen and oxygen atoms in total. The van der Waals surface area contributed by atoms with Crippen LogP contribution in [0.25, 0.3) is 0 Å². The summed E-state index contributed by atoms with van der Waals surface area (Å²) in [5.74, 6) is 0.357. The Kier molecular flexibility index (Phi) is 3.94. The van der Waals surface area contributed by atoms with Gasteiger partial charge in [-0.2, -0.15) is 0 Å². The van der Waals surface area contributed by atoms with E-state index in [1.54, 1.807) is 26.1 Å². The third-order valence-electron chi connectivity index (χ3n) is 1.88.